The first-order valence-electron chi connectivity index (χ1n) is 2.70. The minimum Gasteiger partial charge on any atom is -0.257 e. The molecule has 1 N–H and O–H groups in total. The lowest BCUT2D eigenvalue weighted by atomic mass is 10.8. The van der Waals surface area contributed by atoms with Crippen molar-refractivity contribution in [1.29, 1.82) is 0 Å². The quantitative estimate of drug-likeness (QED) is 0.340. The Balaban J connectivity index is 2.63. The number of hydrazone groups is 1. The van der Waals surface area contributed by atoms with Gasteiger partial charge >= 0.3 is 6.03 Å². The topological polar surface area (TPSA) is 76.3 Å². The third-order valence-corrected chi connectivity index (χ3v) is 0.936. The normalized spacial score (nSPS) is 8.36. The maximum absolute atomic E-state index is 10.8. The lowest BCUT2D eigenvalue weighted by Crippen LogP contribution is -2.22. The molecule has 6 heteroatoms. The minimum absolute atomic E-state index is 0.550. The molecular formula is C5H4N4O2. The van der Waals surface area contributed by atoms with Gasteiger partial charge in [0.05, 0.1) is 0 Å². The van der Waals surface area contributed by atoms with Crippen LogP contribution in [-0.4, -0.2) is 21.7 Å². The number of isocyanates is 1. The van der Waals surface area contributed by atoms with E-state index >= 15 is 0 Å². The van der Waals surface area contributed by atoms with E-state index in [1.807, 2.05) is 5.43 Å². The highest BCUT2D eigenvalue weighted by atomic mass is 16.2. The smallest absolute Gasteiger partial charge is 0.257 e. The third kappa shape index (κ3) is 1.74. The molecule has 0 spiro atoms. The summed E-state index contributed by atoms with van der Waals surface area (Å²) in [6.07, 6.45) is 5.32. The Morgan fingerprint density at radius 1 is 1.73 bits per heavy atom. The zero-order valence-electron chi connectivity index (χ0n) is 5.39. The molecule has 1 rings (SSSR count). The molecular weight excluding hydrogens is 148 g/mol. The first-order valence-corrected chi connectivity index (χ1v) is 2.70. The van der Waals surface area contributed by atoms with Gasteiger partial charge in [-0.2, -0.15) is 0 Å². The number of nitrogens with zero attached hydrogens (tertiary/aromatic N) is 3. The molecule has 0 aliphatic rings. The summed E-state index contributed by atoms with van der Waals surface area (Å²) in [5, 5.41) is 2.87. The van der Waals surface area contributed by atoms with Crippen molar-refractivity contribution < 1.29 is 9.59 Å². The van der Waals surface area contributed by atoms with Crippen molar-refractivity contribution in [2.75, 3.05) is 0 Å². The van der Waals surface area contributed by atoms with Gasteiger partial charge < -0.3 is 0 Å². The highest BCUT2D eigenvalue weighted by molar-refractivity contribution is 5.76. The Labute approximate surface area is 61.5 Å². The lowest BCUT2D eigenvalue weighted by Gasteiger charge is -1.94. The van der Waals surface area contributed by atoms with Gasteiger partial charge in [-0.15, -0.1) is 0 Å². The predicted molar refractivity (Wildman–Crippen MR) is 34.3 cm³/mol. The van der Waals surface area contributed by atoms with Crippen LogP contribution >= 0.6 is 0 Å². The highest BCUT2D eigenvalue weighted by Gasteiger charge is 1.98. The van der Waals surface area contributed by atoms with Crippen LogP contribution in [0.1, 0.15) is 0 Å². The molecule has 0 bridgehead atoms. The summed E-state index contributed by atoms with van der Waals surface area (Å²) in [6, 6.07) is -0.550. The van der Waals surface area contributed by atoms with E-state index in [-0.39, 0.29) is 0 Å². The monoisotopic (exact) mass is 152 g/mol. The first kappa shape index (κ1) is 7.17. The average Bonchev–Trinajstić information content (AvgIpc) is 2.52. The number of carbonyl (C=O) groups is 1. The Morgan fingerprint density at radius 3 is 3.09 bits per heavy atom. The predicted octanol–water partition coefficient (Wildman–Crippen LogP) is -0.308. The molecule has 11 heavy (non-hydrogen) atoms. The van der Waals surface area contributed by atoms with E-state index in [2.05, 4.69) is 10.1 Å². The highest BCUT2D eigenvalue weighted by Crippen LogP contribution is 1.83. The van der Waals surface area contributed by atoms with Gasteiger partial charge in [-0.25, -0.2) is 20.0 Å². The van der Waals surface area contributed by atoms with E-state index in [9.17, 15) is 9.59 Å². The van der Waals surface area contributed by atoms with Gasteiger partial charge in [0.2, 0.25) is 0 Å². The van der Waals surface area contributed by atoms with Crippen LogP contribution in [0.15, 0.2) is 23.8 Å². The SMILES string of the molecule is O=C=NNC(=O)n1ccnc1. The molecule has 0 atom stereocenters. The fourth-order valence-corrected chi connectivity index (χ4v) is 0.508. The van der Waals surface area contributed by atoms with E-state index in [0.717, 1.165) is 4.57 Å². The third-order valence-electron chi connectivity index (χ3n) is 0.936. The summed E-state index contributed by atoms with van der Waals surface area (Å²) in [6.45, 7) is 0. The Hall–Kier alpha value is -1.94. The van der Waals surface area contributed by atoms with E-state index in [4.69, 9.17) is 0 Å². The van der Waals surface area contributed by atoms with Crippen LogP contribution in [0.3, 0.4) is 0 Å². The number of hydrogen-bond donors (Lipinski definition) is 1. The fraction of sp³-hybridized carbons (Fsp3) is 0. The van der Waals surface area contributed by atoms with E-state index < -0.39 is 6.03 Å². The molecule has 6 nitrogen and oxygen atoms in total. The molecule has 1 aromatic rings. The summed E-state index contributed by atoms with van der Waals surface area (Å²) in [4.78, 5) is 24.0. The molecule has 0 aliphatic heterocycles. The van der Waals surface area contributed by atoms with Gasteiger partial charge in [0.15, 0.2) is 0 Å². The summed E-state index contributed by atoms with van der Waals surface area (Å²) in [5.74, 6) is 0. The van der Waals surface area contributed by atoms with Crippen molar-refractivity contribution in [2.24, 2.45) is 5.10 Å². The number of hydrogen-bond acceptors (Lipinski definition) is 4. The van der Waals surface area contributed by atoms with E-state index in [0.29, 0.717) is 0 Å². The van der Waals surface area contributed by atoms with Crippen molar-refractivity contribution in [2.45, 2.75) is 0 Å². The van der Waals surface area contributed by atoms with Crippen LogP contribution < -0.4 is 5.43 Å². The summed E-state index contributed by atoms with van der Waals surface area (Å²) in [5.41, 5.74) is 1.92. The van der Waals surface area contributed by atoms with Gasteiger partial charge in [0, 0.05) is 12.4 Å². The van der Waals surface area contributed by atoms with Gasteiger partial charge in [-0.1, -0.05) is 5.10 Å². The maximum atomic E-state index is 10.8. The Bertz CT molecular complexity index is 285. The lowest BCUT2D eigenvalue weighted by molar-refractivity contribution is 0.242. The van der Waals surface area contributed by atoms with Crippen LogP contribution in [0.25, 0.3) is 0 Å². The Morgan fingerprint density at radius 2 is 2.55 bits per heavy atom. The van der Waals surface area contributed by atoms with Gasteiger partial charge in [-0.3, -0.25) is 4.57 Å². The van der Waals surface area contributed by atoms with Crippen molar-refractivity contribution in [3.8, 4) is 0 Å². The van der Waals surface area contributed by atoms with Crippen LogP contribution in [0.5, 0.6) is 0 Å². The molecule has 0 saturated heterocycles. The second-order valence-corrected chi connectivity index (χ2v) is 1.59. The number of rotatable bonds is 1. The zero-order chi connectivity index (χ0) is 8.10. The van der Waals surface area contributed by atoms with Crippen LogP contribution in [-0.2, 0) is 4.79 Å². The molecule has 56 valence electrons. The summed E-state index contributed by atoms with van der Waals surface area (Å²) < 4.78 is 1.14. The number of amides is 1. The maximum Gasteiger partial charge on any atom is 0.347 e. The fourth-order valence-electron chi connectivity index (χ4n) is 0.508. The molecule has 0 radical (unpaired) electrons. The molecule has 1 aromatic heterocycles. The van der Waals surface area contributed by atoms with Gasteiger partial charge in [0.25, 0.3) is 6.08 Å². The number of imidazole rings is 1. The van der Waals surface area contributed by atoms with Crippen molar-refractivity contribution in [3.63, 3.8) is 0 Å². The van der Waals surface area contributed by atoms with Crippen LogP contribution in [0, 0.1) is 0 Å². The number of aromatic nitrogens is 2. The molecule has 0 saturated carbocycles. The van der Waals surface area contributed by atoms with Gasteiger partial charge in [0.1, 0.15) is 6.33 Å². The second kappa shape index (κ2) is 3.28. The number of carbonyl (C=O) groups excluding carboxylic acids is 2. The summed E-state index contributed by atoms with van der Waals surface area (Å²) in [7, 11) is 0. The first-order chi connectivity index (χ1) is 5.34. The van der Waals surface area contributed by atoms with Gasteiger partial charge in [-0.05, 0) is 0 Å². The van der Waals surface area contributed by atoms with E-state index in [1.54, 1.807) is 0 Å². The molecule has 1 heterocycles. The molecule has 0 aromatic carbocycles. The van der Waals surface area contributed by atoms with Crippen LogP contribution in [0.2, 0.25) is 0 Å². The molecule has 0 unspecified atom stereocenters. The molecule has 0 aliphatic carbocycles. The number of nitrogens with one attached hydrogen (secondary N) is 1. The molecule has 0 fully saturated rings. The van der Waals surface area contributed by atoms with Crippen molar-refractivity contribution in [1.82, 2.24) is 15.0 Å². The average molecular weight is 152 g/mol. The van der Waals surface area contributed by atoms with E-state index in [1.165, 1.54) is 24.8 Å². The standard InChI is InChI=1S/C5H4N4O2/c10-4-7-8-5(11)9-2-1-6-3-9/h1-3H,(H,8,11). The van der Waals surface area contributed by atoms with Crippen molar-refractivity contribution in [3.05, 3.63) is 18.7 Å². The van der Waals surface area contributed by atoms with Crippen LogP contribution in [0.4, 0.5) is 4.79 Å². The second-order valence-electron chi connectivity index (χ2n) is 1.59. The minimum atomic E-state index is -0.550. The summed E-state index contributed by atoms with van der Waals surface area (Å²) >= 11 is 0. The Kier molecular flexibility index (Phi) is 2.14. The largest absolute Gasteiger partial charge is 0.347 e. The molecule has 1 amide bonds. The zero-order valence-corrected chi connectivity index (χ0v) is 5.39. The van der Waals surface area contributed by atoms with Crippen molar-refractivity contribution >= 4 is 12.1 Å².